The molecule has 1 unspecified atom stereocenters. The molecule has 0 saturated heterocycles. The van der Waals surface area contributed by atoms with Crippen molar-refractivity contribution >= 4 is 0 Å². The Morgan fingerprint density at radius 2 is 1.88 bits per heavy atom. The van der Waals surface area contributed by atoms with Crippen molar-refractivity contribution in [3.05, 3.63) is 0 Å². The van der Waals surface area contributed by atoms with E-state index >= 15 is 0 Å². The van der Waals surface area contributed by atoms with Crippen LogP contribution in [0.3, 0.4) is 0 Å². The summed E-state index contributed by atoms with van der Waals surface area (Å²) < 4.78 is 10.6. The van der Waals surface area contributed by atoms with Gasteiger partial charge >= 0.3 is 0 Å². The molecule has 16 heavy (non-hydrogen) atoms. The highest BCUT2D eigenvalue weighted by Gasteiger charge is 2.07. The summed E-state index contributed by atoms with van der Waals surface area (Å²) in [5, 5.41) is 3.43. The van der Waals surface area contributed by atoms with Crippen LogP contribution in [0.15, 0.2) is 0 Å². The van der Waals surface area contributed by atoms with Gasteiger partial charge in [0.1, 0.15) is 0 Å². The summed E-state index contributed by atoms with van der Waals surface area (Å²) in [6.07, 6.45) is 4.04. The number of nitrogens with one attached hydrogen (secondary N) is 1. The van der Waals surface area contributed by atoms with Crippen LogP contribution < -0.4 is 5.32 Å². The van der Waals surface area contributed by atoms with E-state index in [1.165, 1.54) is 12.8 Å². The molecule has 0 aliphatic heterocycles. The molecule has 0 aromatic heterocycles. The van der Waals surface area contributed by atoms with Crippen LogP contribution >= 0.6 is 0 Å². The number of hydrogen-bond donors (Lipinski definition) is 1. The van der Waals surface area contributed by atoms with Crippen molar-refractivity contribution in [2.75, 3.05) is 33.4 Å². The van der Waals surface area contributed by atoms with Gasteiger partial charge in [0.2, 0.25) is 0 Å². The van der Waals surface area contributed by atoms with Gasteiger partial charge in [-0.05, 0) is 39.2 Å². The summed E-state index contributed by atoms with van der Waals surface area (Å²) >= 11 is 0. The Labute approximate surface area is 101 Å². The zero-order valence-electron chi connectivity index (χ0n) is 11.4. The second-order valence-corrected chi connectivity index (χ2v) is 4.56. The van der Waals surface area contributed by atoms with Crippen molar-refractivity contribution in [1.82, 2.24) is 5.32 Å². The van der Waals surface area contributed by atoms with Crippen molar-refractivity contribution in [2.45, 2.75) is 46.1 Å². The maximum Gasteiger partial charge on any atom is 0.0587 e. The van der Waals surface area contributed by atoms with Crippen LogP contribution in [0.25, 0.3) is 0 Å². The molecule has 0 spiro atoms. The molecule has 0 bridgehead atoms. The molecule has 1 atom stereocenters. The summed E-state index contributed by atoms with van der Waals surface area (Å²) in [6.45, 7) is 10.1. The number of methoxy groups -OCH3 is 1. The predicted molar refractivity (Wildman–Crippen MR) is 68.8 cm³/mol. The molecule has 0 aromatic rings. The molecule has 0 aliphatic rings. The van der Waals surface area contributed by atoms with Crippen LogP contribution in [-0.4, -0.2) is 39.5 Å². The lowest BCUT2D eigenvalue weighted by atomic mass is 10.0. The maximum atomic E-state index is 5.59. The van der Waals surface area contributed by atoms with Gasteiger partial charge in [-0.25, -0.2) is 0 Å². The minimum atomic E-state index is 0.351. The standard InChI is InChI=1S/C13H29NO2/c1-5-6-13(7-9-16-12(2)3)11-14-8-10-15-4/h12-14H,5-11H2,1-4H3. The van der Waals surface area contributed by atoms with E-state index in [1.54, 1.807) is 7.11 Å². The largest absolute Gasteiger partial charge is 0.383 e. The molecule has 1 N–H and O–H groups in total. The quantitative estimate of drug-likeness (QED) is 0.554. The lowest BCUT2D eigenvalue weighted by Gasteiger charge is -2.17. The minimum Gasteiger partial charge on any atom is -0.383 e. The van der Waals surface area contributed by atoms with Gasteiger partial charge in [0.15, 0.2) is 0 Å². The van der Waals surface area contributed by atoms with Crippen molar-refractivity contribution in [2.24, 2.45) is 5.92 Å². The zero-order valence-corrected chi connectivity index (χ0v) is 11.4. The Kier molecular flexibility index (Phi) is 11.3. The van der Waals surface area contributed by atoms with Crippen LogP contribution in [-0.2, 0) is 9.47 Å². The normalized spacial score (nSPS) is 13.3. The van der Waals surface area contributed by atoms with Gasteiger partial charge in [0.25, 0.3) is 0 Å². The molecule has 0 aliphatic carbocycles. The second-order valence-electron chi connectivity index (χ2n) is 4.56. The average Bonchev–Trinajstić information content (AvgIpc) is 2.23. The molecule has 3 heteroatoms. The van der Waals surface area contributed by atoms with Gasteiger partial charge < -0.3 is 14.8 Å². The molecular formula is C13H29NO2. The third-order valence-corrected chi connectivity index (χ3v) is 2.59. The van der Waals surface area contributed by atoms with E-state index in [-0.39, 0.29) is 0 Å². The van der Waals surface area contributed by atoms with E-state index in [0.29, 0.717) is 6.10 Å². The van der Waals surface area contributed by atoms with Crippen molar-refractivity contribution in [3.8, 4) is 0 Å². The highest BCUT2D eigenvalue weighted by Crippen LogP contribution is 2.10. The highest BCUT2D eigenvalue weighted by atomic mass is 16.5. The SMILES string of the molecule is CCCC(CCOC(C)C)CNCCOC. The van der Waals surface area contributed by atoms with Gasteiger partial charge in [0, 0.05) is 20.3 Å². The van der Waals surface area contributed by atoms with Gasteiger partial charge in [-0.3, -0.25) is 0 Å². The first kappa shape index (κ1) is 15.9. The fourth-order valence-corrected chi connectivity index (χ4v) is 1.71. The maximum absolute atomic E-state index is 5.59. The Morgan fingerprint density at radius 3 is 2.44 bits per heavy atom. The number of hydrogen-bond acceptors (Lipinski definition) is 3. The van der Waals surface area contributed by atoms with Gasteiger partial charge in [-0.15, -0.1) is 0 Å². The summed E-state index contributed by atoms with van der Waals surface area (Å²) in [5.74, 6) is 0.737. The Hall–Kier alpha value is -0.120. The Morgan fingerprint density at radius 1 is 1.12 bits per heavy atom. The Bertz CT molecular complexity index is 140. The van der Waals surface area contributed by atoms with Crippen molar-refractivity contribution < 1.29 is 9.47 Å². The zero-order chi connectivity index (χ0) is 12.2. The van der Waals surface area contributed by atoms with E-state index in [1.807, 2.05) is 0 Å². The summed E-state index contributed by atoms with van der Waals surface area (Å²) in [5.41, 5.74) is 0. The molecule has 0 aromatic carbocycles. The minimum absolute atomic E-state index is 0.351. The third kappa shape index (κ3) is 10.4. The number of ether oxygens (including phenoxy) is 2. The first-order chi connectivity index (χ1) is 7.70. The monoisotopic (exact) mass is 231 g/mol. The average molecular weight is 231 g/mol. The lowest BCUT2D eigenvalue weighted by molar-refractivity contribution is 0.0673. The van der Waals surface area contributed by atoms with Crippen LogP contribution in [0.1, 0.15) is 40.0 Å². The highest BCUT2D eigenvalue weighted by molar-refractivity contribution is 4.62. The molecule has 0 saturated carbocycles. The van der Waals surface area contributed by atoms with Gasteiger partial charge in [0.05, 0.1) is 12.7 Å². The number of rotatable bonds is 11. The van der Waals surface area contributed by atoms with Crippen molar-refractivity contribution in [1.29, 1.82) is 0 Å². The summed E-state index contributed by atoms with van der Waals surface area (Å²) in [6, 6.07) is 0. The fourth-order valence-electron chi connectivity index (χ4n) is 1.71. The van der Waals surface area contributed by atoms with E-state index in [9.17, 15) is 0 Å². The van der Waals surface area contributed by atoms with Crippen LogP contribution in [0.5, 0.6) is 0 Å². The van der Waals surface area contributed by atoms with Crippen LogP contribution in [0, 0.1) is 5.92 Å². The second kappa shape index (κ2) is 11.4. The molecule has 0 fully saturated rings. The smallest absolute Gasteiger partial charge is 0.0587 e. The van der Waals surface area contributed by atoms with Crippen LogP contribution in [0.2, 0.25) is 0 Å². The molecule has 0 amide bonds. The van der Waals surface area contributed by atoms with E-state index in [0.717, 1.165) is 38.6 Å². The molecule has 98 valence electrons. The molecular weight excluding hydrogens is 202 g/mol. The first-order valence-electron chi connectivity index (χ1n) is 6.51. The molecule has 0 rings (SSSR count). The molecule has 0 radical (unpaired) electrons. The predicted octanol–water partition coefficient (Wildman–Crippen LogP) is 2.45. The Balaban J connectivity index is 3.53. The third-order valence-electron chi connectivity index (χ3n) is 2.59. The lowest BCUT2D eigenvalue weighted by Crippen LogP contribution is -2.27. The molecule has 0 heterocycles. The van der Waals surface area contributed by atoms with Crippen LogP contribution in [0.4, 0.5) is 0 Å². The van der Waals surface area contributed by atoms with E-state index in [2.05, 4.69) is 26.1 Å². The first-order valence-corrected chi connectivity index (χ1v) is 6.51. The van der Waals surface area contributed by atoms with Crippen molar-refractivity contribution in [3.63, 3.8) is 0 Å². The summed E-state index contributed by atoms with van der Waals surface area (Å²) in [4.78, 5) is 0. The van der Waals surface area contributed by atoms with Gasteiger partial charge in [-0.1, -0.05) is 13.3 Å². The fraction of sp³-hybridized carbons (Fsp3) is 1.00. The van der Waals surface area contributed by atoms with E-state index in [4.69, 9.17) is 9.47 Å². The van der Waals surface area contributed by atoms with Gasteiger partial charge in [-0.2, -0.15) is 0 Å². The molecule has 3 nitrogen and oxygen atoms in total. The summed E-state index contributed by atoms with van der Waals surface area (Å²) in [7, 11) is 1.74. The topological polar surface area (TPSA) is 30.5 Å². The van der Waals surface area contributed by atoms with E-state index < -0.39 is 0 Å².